The van der Waals surface area contributed by atoms with Gasteiger partial charge in [0, 0.05) is 5.57 Å². The van der Waals surface area contributed by atoms with Crippen LogP contribution < -0.4 is 0 Å². The van der Waals surface area contributed by atoms with Crippen molar-refractivity contribution in [2.24, 2.45) is 17.3 Å². The number of carbonyl (C=O) groups is 1. The first-order chi connectivity index (χ1) is 11.1. The standard InChI is InChI=1S/C20H26O3/c1-14-6-10-20-16(17(21)13-23-20)4-3-5-18(20)19(14,2)9-7-15-8-11-22-12-15/h4,8,11-12,14,18H,3,5-7,9-10,13H2,1-2H3. The normalized spacial score (nSPS) is 39.7. The molecule has 23 heavy (non-hydrogen) atoms. The van der Waals surface area contributed by atoms with Crippen LogP contribution in [0.15, 0.2) is 34.7 Å². The third-order valence-electron chi connectivity index (χ3n) is 6.99. The quantitative estimate of drug-likeness (QED) is 0.834. The van der Waals surface area contributed by atoms with Gasteiger partial charge in [0.2, 0.25) is 0 Å². The molecular weight excluding hydrogens is 288 g/mol. The highest BCUT2D eigenvalue weighted by atomic mass is 16.5. The van der Waals surface area contributed by atoms with E-state index in [0.717, 1.165) is 44.1 Å². The fourth-order valence-electron chi connectivity index (χ4n) is 5.40. The van der Waals surface area contributed by atoms with Crippen LogP contribution in [0.4, 0.5) is 0 Å². The molecule has 1 saturated heterocycles. The third kappa shape index (κ3) is 2.16. The average molecular weight is 314 g/mol. The Morgan fingerprint density at radius 1 is 1.35 bits per heavy atom. The average Bonchev–Trinajstić information content (AvgIpc) is 3.18. The van der Waals surface area contributed by atoms with Gasteiger partial charge in [0.25, 0.3) is 0 Å². The zero-order chi connectivity index (χ0) is 16.1. The molecule has 0 radical (unpaired) electrons. The second-order valence-electron chi connectivity index (χ2n) is 7.93. The predicted molar refractivity (Wildman–Crippen MR) is 88.0 cm³/mol. The fraction of sp³-hybridized carbons (Fsp3) is 0.650. The fourth-order valence-corrected chi connectivity index (χ4v) is 5.40. The van der Waals surface area contributed by atoms with Gasteiger partial charge in [0.05, 0.1) is 12.5 Å². The monoisotopic (exact) mass is 314 g/mol. The largest absolute Gasteiger partial charge is 0.472 e. The lowest BCUT2D eigenvalue weighted by Gasteiger charge is -2.56. The van der Waals surface area contributed by atoms with Crippen LogP contribution in [-0.2, 0) is 16.0 Å². The summed E-state index contributed by atoms with van der Waals surface area (Å²) < 4.78 is 11.4. The molecule has 1 spiro atoms. The Hall–Kier alpha value is -1.35. The van der Waals surface area contributed by atoms with E-state index in [-0.39, 0.29) is 23.4 Å². The van der Waals surface area contributed by atoms with Crippen molar-refractivity contribution in [1.82, 2.24) is 0 Å². The van der Waals surface area contributed by atoms with Crippen LogP contribution in [-0.4, -0.2) is 18.0 Å². The molecule has 2 aliphatic carbocycles. The van der Waals surface area contributed by atoms with Crippen LogP contribution in [0.5, 0.6) is 0 Å². The van der Waals surface area contributed by atoms with Crippen molar-refractivity contribution >= 4 is 5.78 Å². The number of furan rings is 1. The maximum absolute atomic E-state index is 12.3. The van der Waals surface area contributed by atoms with E-state index in [1.54, 1.807) is 6.26 Å². The summed E-state index contributed by atoms with van der Waals surface area (Å²) in [5.74, 6) is 1.34. The number of aryl methyl sites for hydroxylation is 1. The third-order valence-corrected chi connectivity index (χ3v) is 6.99. The van der Waals surface area contributed by atoms with Gasteiger partial charge in [-0.25, -0.2) is 0 Å². The lowest BCUT2D eigenvalue weighted by molar-refractivity contribution is -0.134. The molecule has 1 saturated carbocycles. The number of ketones is 1. The van der Waals surface area contributed by atoms with Crippen molar-refractivity contribution in [1.29, 1.82) is 0 Å². The highest BCUT2D eigenvalue weighted by molar-refractivity contribution is 6.00. The lowest BCUT2D eigenvalue weighted by atomic mass is 9.50. The minimum atomic E-state index is -0.285. The van der Waals surface area contributed by atoms with Crippen molar-refractivity contribution in [3.63, 3.8) is 0 Å². The van der Waals surface area contributed by atoms with Gasteiger partial charge in [-0.3, -0.25) is 4.79 Å². The van der Waals surface area contributed by atoms with Crippen LogP contribution in [0, 0.1) is 17.3 Å². The van der Waals surface area contributed by atoms with Gasteiger partial charge in [-0.2, -0.15) is 0 Å². The number of Topliss-reactive ketones (excluding diaryl/α,β-unsaturated/α-hetero) is 1. The molecule has 2 fully saturated rings. The van der Waals surface area contributed by atoms with E-state index < -0.39 is 0 Å². The molecule has 4 rings (SSSR count). The molecule has 1 aromatic rings. The zero-order valence-electron chi connectivity index (χ0n) is 14.1. The number of allylic oxidation sites excluding steroid dienone is 1. The predicted octanol–water partition coefficient (Wildman–Crippen LogP) is 4.32. The van der Waals surface area contributed by atoms with Crippen molar-refractivity contribution in [3.8, 4) is 0 Å². The molecule has 3 heteroatoms. The molecule has 0 N–H and O–H groups in total. The first kappa shape index (κ1) is 15.2. The Kier molecular flexibility index (Phi) is 3.53. The second-order valence-corrected chi connectivity index (χ2v) is 7.93. The number of rotatable bonds is 3. The molecule has 124 valence electrons. The topological polar surface area (TPSA) is 39.4 Å². The molecule has 4 atom stereocenters. The van der Waals surface area contributed by atoms with Crippen LogP contribution in [0.3, 0.4) is 0 Å². The van der Waals surface area contributed by atoms with E-state index in [0.29, 0.717) is 11.8 Å². The first-order valence-electron chi connectivity index (χ1n) is 8.95. The van der Waals surface area contributed by atoms with Crippen molar-refractivity contribution in [2.45, 2.75) is 58.0 Å². The van der Waals surface area contributed by atoms with Gasteiger partial charge >= 0.3 is 0 Å². The Labute approximate surface area is 138 Å². The molecular formula is C20H26O3. The maximum atomic E-state index is 12.3. The molecule has 1 aliphatic heterocycles. The van der Waals surface area contributed by atoms with E-state index in [1.807, 2.05) is 6.26 Å². The lowest BCUT2D eigenvalue weighted by Crippen LogP contribution is -2.55. The minimum Gasteiger partial charge on any atom is -0.472 e. The Morgan fingerprint density at radius 3 is 3.00 bits per heavy atom. The maximum Gasteiger partial charge on any atom is 0.187 e. The number of carbonyl (C=O) groups excluding carboxylic acids is 1. The van der Waals surface area contributed by atoms with Gasteiger partial charge in [0.1, 0.15) is 12.2 Å². The molecule has 1 aromatic heterocycles. The van der Waals surface area contributed by atoms with E-state index in [4.69, 9.17) is 9.15 Å². The highest BCUT2D eigenvalue weighted by Gasteiger charge is 2.60. The van der Waals surface area contributed by atoms with Crippen LogP contribution in [0.25, 0.3) is 0 Å². The Balaban J connectivity index is 1.65. The van der Waals surface area contributed by atoms with Gasteiger partial charge in [0.15, 0.2) is 5.78 Å². The number of hydrogen-bond acceptors (Lipinski definition) is 3. The number of ether oxygens (including phenoxy) is 1. The number of hydrogen-bond donors (Lipinski definition) is 0. The van der Waals surface area contributed by atoms with Gasteiger partial charge in [-0.1, -0.05) is 19.9 Å². The van der Waals surface area contributed by atoms with Crippen molar-refractivity contribution < 1.29 is 13.9 Å². The summed E-state index contributed by atoms with van der Waals surface area (Å²) in [5, 5.41) is 0. The summed E-state index contributed by atoms with van der Waals surface area (Å²) in [7, 11) is 0. The van der Waals surface area contributed by atoms with E-state index in [2.05, 4.69) is 26.0 Å². The summed E-state index contributed by atoms with van der Waals surface area (Å²) in [6, 6.07) is 2.06. The second kappa shape index (κ2) is 5.34. The molecule has 3 nitrogen and oxygen atoms in total. The molecule has 0 aromatic carbocycles. The van der Waals surface area contributed by atoms with Crippen LogP contribution >= 0.6 is 0 Å². The Morgan fingerprint density at radius 2 is 2.22 bits per heavy atom. The summed E-state index contributed by atoms with van der Waals surface area (Å²) in [5.41, 5.74) is 2.19. The molecule has 0 amide bonds. The van der Waals surface area contributed by atoms with E-state index >= 15 is 0 Å². The van der Waals surface area contributed by atoms with E-state index in [9.17, 15) is 4.79 Å². The van der Waals surface area contributed by atoms with Crippen LogP contribution in [0.2, 0.25) is 0 Å². The summed E-state index contributed by atoms with van der Waals surface area (Å²) in [6.45, 7) is 5.10. The SMILES string of the molecule is CC1CCC23OCC(=O)C2=CCCC3C1(C)CCc1ccoc1. The summed E-state index contributed by atoms with van der Waals surface area (Å²) in [6.07, 6.45) is 12.3. The van der Waals surface area contributed by atoms with Gasteiger partial charge < -0.3 is 9.15 Å². The zero-order valence-corrected chi connectivity index (χ0v) is 14.1. The van der Waals surface area contributed by atoms with Crippen molar-refractivity contribution in [3.05, 3.63) is 35.8 Å². The Bertz CT molecular complexity index is 629. The molecule has 4 unspecified atom stereocenters. The molecule has 0 bridgehead atoms. The summed E-state index contributed by atoms with van der Waals surface area (Å²) >= 11 is 0. The van der Waals surface area contributed by atoms with E-state index in [1.165, 1.54) is 5.56 Å². The van der Waals surface area contributed by atoms with Gasteiger partial charge in [-0.05, 0) is 67.4 Å². The smallest absolute Gasteiger partial charge is 0.187 e. The molecule has 3 aliphatic rings. The highest BCUT2D eigenvalue weighted by Crippen LogP contribution is 2.60. The summed E-state index contributed by atoms with van der Waals surface area (Å²) in [4.78, 5) is 12.3. The minimum absolute atomic E-state index is 0.208. The van der Waals surface area contributed by atoms with Crippen molar-refractivity contribution in [2.75, 3.05) is 6.61 Å². The first-order valence-corrected chi connectivity index (χ1v) is 8.95. The molecule has 2 heterocycles. The van der Waals surface area contributed by atoms with Gasteiger partial charge in [-0.15, -0.1) is 0 Å². The van der Waals surface area contributed by atoms with Crippen LogP contribution in [0.1, 0.15) is 51.5 Å².